The van der Waals surface area contributed by atoms with E-state index in [1.807, 2.05) is 0 Å². The highest BCUT2D eigenvalue weighted by Gasteiger charge is 2.11. The average molecular weight is 294 g/mol. The molecule has 0 spiro atoms. The van der Waals surface area contributed by atoms with E-state index in [0.717, 1.165) is 0 Å². The molecule has 0 fully saturated rings. The lowest BCUT2D eigenvalue weighted by molar-refractivity contribution is 0.0951. The van der Waals surface area contributed by atoms with Crippen molar-refractivity contribution in [1.29, 1.82) is 0 Å². The molecule has 0 aromatic heterocycles. The molecule has 0 unspecified atom stereocenters. The van der Waals surface area contributed by atoms with Gasteiger partial charge in [0.1, 0.15) is 5.82 Å². The molecule has 104 valence electrons. The van der Waals surface area contributed by atoms with E-state index < -0.39 is 0 Å². The topological polar surface area (TPSA) is 67.1 Å². The fourth-order valence-corrected chi connectivity index (χ4v) is 1.93. The fraction of sp³-hybridized carbons (Fsp3) is 0.0714. The van der Waals surface area contributed by atoms with E-state index in [9.17, 15) is 9.18 Å². The number of hydrogen-bond donors (Lipinski definition) is 3. The summed E-state index contributed by atoms with van der Waals surface area (Å²) in [6.45, 7) is 0.215. The van der Waals surface area contributed by atoms with E-state index >= 15 is 0 Å². The van der Waals surface area contributed by atoms with Crippen LogP contribution in [0.3, 0.4) is 0 Å². The minimum absolute atomic E-state index is 0.215. The molecule has 20 heavy (non-hydrogen) atoms. The van der Waals surface area contributed by atoms with Gasteiger partial charge in [-0.1, -0.05) is 23.7 Å². The zero-order chi connectivity index (χ0) is 14.5. The van der Waals surface area contributed by atoms with Crippen molar-refractivity contribution < 1.29 is 9.18 Å². The monoisotopic (exact) mass is 293 g/mol. The van der Waals surface area contributed by atoms with Crippen LogP contribution in [-0.4, -0.2) is 5.91 Å². The summed E-state index contributed by atoms with van der Waals surface area (Å²) in [6.07, 6.45) is 0. The third kappa shape index (κ3) is 3.46. The predicted octanol–water partition coefficient (Wildman–Crippen LogP) is 2.69. The Bertz CT molecular complexity index is 634. The molecule has 0 atom stereocenters. The molecule has 4 nitrogen and oxygen atoms in total. The summed E-state index contributed by atoms with van der Waals surface area (Å²) in [4.78, 5) is 12.1. The first-order chi connectivity index (χ1) is 9.60. The Kier molecular flexibility index (Phi) is 4.55. The van der Waals surface area contributed by atoms with Gasteiger partial charge in [-0.05, 0) is 35.9 Å². The second-order valence-electron chi connectivity index (χ2n) is 4.15. The van der Waals surface area contributed by atoms with Gasteiger partial charge < -0.3 is 10.7 Å². The van der Waals surface area contributed by atoms with Gasteiger partial charge in [-0.2, -0.15) is 0 Å². The third-order valence-corrected chi connectivity index (χ3v) is 2.96. The van der Waals surface area contributed by atoms with E-state index in [2.05, 4.69) is 10.7 Å². The molecule has 0 bridgehead atoms. The number of halogens is 2. The van der Waals surface area contributed by atoms with Crippen molar-refractivity contribution in [3.63, 3.8) is 0 Å². The first kappa shape index (κ1) is 14.3. The highest BCUT2D eigenvalue weighted by Crippen LogP contribution is 2.19. The van der Waals surface area contributed by atoms with E-state index in [1.165, 1.54) is 18.2 Å². The number of carbonyl (C=O) groups excluding carboxylic acids is 1. The molecule has 2 aromatic carbocycles. The SMILES string of the molecule is NNc1ccc(Cl)cc1C(=O)NCc1cccc(F)c1. The van der Waals surface area contributed by atoms with Crippen molar-refractivity contribution in [2.24, 2.45) is 5.84 Å². The molecule has 0 saturated carbocycles. The molecule has 0 aliphatic rings. The largest absolute Gasteiger partial charge is 0.348 e. The molecule has 0 aliphatic heterocycles. The van der Waals surface area contributed by atoms with Crippen LogP contribution in [0.15, 0.2) is 42.5 Å². The molecule has 0 saturated heterocycles. The van der Waals surface area contributed by atoms with Gasteiger partial charge in [0.15, 0.2) is 0 Å². The summed E-state index contributed by atoms with van der Waals surface area (Å²) in [5, 5.41) is 3.12. The Morgan fingerprint density at radius 1 is 1.25 bits per heavy atom. The molecule has 4 N–H and O–H groups in total. The van der Waals surface area contributed by atoms with Crippen LogP contribution in [0.2, 0.25) is 5.02 Å². The van der Waals surface area contributed by atoms with Crippen molar-refractivity contribution in [2.75, 3.05) is 5.43 Å². The van der Waals surface area contributed by atoms with Crippen LogP contribution >= 0.6 is 11.6 Å². The maximum Gasteiger partial charge on any atom is 0.253 e. The van der Waals surface area contributed by atoms with Crippen molar-refractivity contribution in [1.82, 2.24) is 5.32 Å². The Balaban J connectivity index is 2.10. The van der Waals surface area contributed by atoms with Crippen LogP contribution in [0.4, 0.5) is 10.1 Å². The molecule has 2 rings (SSSR count). The number of anilines is 1. The number of hydrazine groups is 1. The third-order valence-electron chi connectivity index (χ3n) is 2.72. The minimum atomic E-state index is -0.344. The van der Waals surface area contributed by atoms with Crippen LogP contribution in [0.5, 0.6) is 0 Å². The maximum atomic E-state index is 13.0. The lowest BCUT2D eigenvalue weighted by Gasteiger charge is -2.10. The van der Waals surface area contributed by atoms with Gasteiger partial charge in [0, 0.05) is 11.6 Å². The summed E-state index contributed by atoms with van der Waals surface area (Å²) >= 11 is 5.86. The molecule has 0 heterocycles. The van der Waals surface area contributed by atoms with Gasteiger partial charge >= 0.3 is 0 Å². The number of nitrogens with two attached hydrogens (primary N) is 1. The molecular weight excluding hydrogens is 281 g/mol. The minimum Gasteiger partial charge on any atom is -0.348 e. The van der Waals surface area contributed by atoms with Crippen molar-refractivity contribution in [2.45, 2.75) is 6.54 Å². The highest BCUT2D eigenvalue weighted by atomic mass is 35.5. The van der Waals surface area contributed by atoms with E-state index in [4.69, 9.17) is 17.4 Å². The van der Waals surface area contributed by atoms with Crippen LogP contribution in [0.1, 0.15) is 15.9 Å². The van der Waals surface area contributed by atoms with Gasteiger partial charge in [-0.25, -0.2) is 4.39 Å². The lowest BCUT2D eigenvalue weighted by Crippen LogP contribution is -2.24. The smallest absolute Gasteiger partial charge is 0.253 e. The van der Waals surface area contributed by atoms with Gasteiger partial charge in [-0.3, -0.25) is 10.6 Å². The zero-order valence-electron chi connectivity index (χ0n) is 10.5. The van der Waals surface area contributed by atoms with Gasteiger partial charge in [0.25, 0.3) is 5.91 Å². The number of hydrogen-bond acceptors (Lipinski definition) is 3. The number of benzene rings is 2. The Hall–Kier alpha value is -2.11. The fourth-order valence-electron chi connectivity index (χ4n) is 1.75. The number of carbonyl (C=O) groups is 1. The maximum absolute atomic E-state index is 13.0. The first-order valence-electron chi connectivity index (χ1n) is 5.89. The lowest BCUT2D eigenvalue weighted by atomic mass is 10.1. The quantitative estimate of drug-likeness (QED) is 0.600. The molecule has 2 aromatic rings. The second-order valence-corrected chi connectivity index (χ2v) is 4.58. The number of nitrogen functional groups attached to an aromatic ring is 1. The first-order valence-corrected chi connectivity index (χ1v) is 6.27. The van der Waals surface area contributed by atoms with Crippen molar-refractivity contribution >= 4 is 23.2 Å². The molecule has 6 heteroatoms. The van der Waals surface area contributed by atoms with E-state index in [1.54, 1.807) is 24.3 Å². The molecule has 0 aliphatic carbocycles. The van der Waals surface area contributed by atoms with Crippen LogP contribution in [0, 0.1) is 5.82 Å². The Morgan fingerprint density at radius 2 is 2.05 bits per heavy atom. The molecule has 1 amide bonds. The normalized spacial score (nSPS) is 10.2. The Morgan fingerprint density at radius 3 is 2.75 bits per heavy atom. The summed E-state index contributed by atoms with van der Waals surface area (Å²) < 4.78 is 13.0. The summed E-state index contributed by atoms with van der Waals surface area (Å²) in [7, 11) is 0. The predicted molar refractivity (Wildman–Crippen MR) is 76.8 cm³/mol. The van der Waals surface area contributed by atoms with Crippen LogP contribution in [-0.2, 0) is 6.54 Å². The summed E-state index contributed by atoms with van der Waals surface area (Å²) in [5.41, 5.74) is 3.89. The number of rotatable bonds is 4. The molecular formula is C14H13ClFN3O. The zero-order valence-corrected chi connectivity index (χ0v) is 11.2. The Labute approximate surface area is 120 Å². The van der Waals surface area contributed by atoms with Gasteiger partial charge in [0.05, 0.1) is 11.3 Å². The summed E-state index contributed by atoms with van der Waals surface area (Å²) in [5.74, 6) is 4.66. The number of amides is 1. The van der Waals surface area contributed by atoms with Crippen molar-refractivity contribution in [3.8, 4) is 0 Å². The van der Waals surface area contributed by atoms with E-state index in [0.29, 0.717) is 21.8 Å². The van der Waals surface area contributed by atoms with Crippen LogP contribution < -0.4 is 16.6 Å². The van der Waals surface area contributed by atoms with E-state index in [-0.39, 0.29) is 18.3 Å². The van der Waals surface area contributed by atoms with Gasteiger partial charge in [-0.15, -0.1) is 0 Å². The average Bonchev–Trinajstić information content (AvgIpc) is 2.45. The summed E-state index contributed by atoms with van der Waals surface area (Å²) in [6, 6.07) is 10.8. The van der Waals surface area contributed by atoms with Crippen LogP contribution in [0.25, 0.3) is 0 Å². The second kappa shape index (κ2) is 6.36. The van der Waals surface area contributed by atoms with Gasteiger partial charge in [0.2, 0.25) is 0 Å². The van der Waals surface area contributed by atoms with Crippen molar-refractivity contribution in [3.05, 3.63) is 64.4 Å². The highest BCUT2D eigenvalue weighted by molar-refractivity contribution is 6.31. The molecule has 0 radical (unpaired) electrons. The number of nitrogens with one attached hydrogen (secondary N) is 2. The standard InChI is InChI=1S/C14H13ClFN3O/c15-10-4-5-13(19-17)12(7-10)14(20)18-8-9-2-1-3-11(16)6-9/h1-7,19H,8,17H2,(H,18,20).